The van der Waals surface area contributed by atoms with E-state index in [1.807, 2.05) is 11.8 Å². The van der Waals surface area contributed by atoms with Crippen molar-refractivity contribution >= 4 is 17.4 Å². The maximum atomic E-state index is 12.4. The molecule has 1 saturated heterocycles. The molecule has 0 radical (unpaired) electrons. The van der Waals surface area contributed by atoms with Crippen LogP contribution in [0.3, 0.4) is 0 Å². The van der Waals surface area contributed by atoms with Crippen molar-refractivity contribution in [2.45, 2.75) is 44.7 Å². The number of aromatic nitrogens is 1. The Bertz CT molecular complexity index is 624. The smallest absolute Gasteiger partial charge is 0.311 e. The third-order valence-corrected chi connectivity index (χ3v) is 5.21. The largest absolute Gasteiger partial charge is 0.352 e. The van der Waals surface area contributed by atoms with E-state index in [2.05, 4.69) is 15.2 Å². The third-order valence-electron chi connectivity index (χ3n) is 5.21. The lowest BCUT2D eigenvalue weighted by Gasteiger charge is -2.37. The topological polar surface area (TPSA) is 91.6 Å². The van der Waals surface area contributed by atoms with Gasteiger partial charge in [-0.3, -0.25) is 19.8 Å². The second-order valence-electron chi connectivity index (χ2n) is 6.79. The van der Waals surface area contributed by atoms with Gasteiger partial charge in [-0.2, -0.15) is 0 Å². The number of amides is 1. The van der Waals surface area contributed by atoms with Gasteiger partial charge in [-0.1, -0.05) is 12.8 Å². The Morgan fingerprint density at radius 3 is 2.64 bits per heavy atom. The van der Waals surface area contributed by atoms with E-state index in [0.717, 1.165) is 12.8 Å². The molecule has 0 aromatic carbocycles. The summed E-state index contributed by atoms with van der Waals surface area (Å²) in [4.78, 5) is 31.4. The third kappa shape index (κ3) is 4.07. The van der Waals surface area contributed by atoms with Gasteiger partial charge in [-0.25, -0.2) is 4.98 Å². The van der Waals surface area contributed by atoms with Gasteiger partial charge < -0.3 is 10.2 Å². The van der Waals surface area contributed by atoms with Crippen molar-refractivity contribution in [2.24, 2.45) is 0 Å². The fourth-order valence-corrected chi connectivity index (χ4v) is 3.65. The normalized spacial score (nSPS) is 20.4. The highest BCUT2D eigenvalue weighted by atomic mass is 16.6. The molecule has 1 aliphatic carbocycles. The molecular formula is C17H25N5O3. The first-order chi connectivity index (χ1) is 12.1. The predicted molar refractivity (Wildman–Crippen MR) is 94.5 cm³/mol. The number of pyridine rings is 1. The average Bonchev–Trinajstić information content (AvgIpc) is 3.14. The molecule has 1 saturated carbocycles. The fourth-order valence-electron chi connectivity index (χ4n) is 3.65. The van der Waals surface area contributed by atoms with Crippen molar-refractivity contribution in [3.05, 3.63) is 28.4 Å². The Hall–Kier alpha value is -2.22. The van der Waals surface area contributed by atoms with Crippen molar-refractivity contribution in [1.82, 2.24) is 15.2 Å². The molecular weight excluding hydrogens is 322 g/mol. The number of piperazine rings is 1. The van der Waals surface area contributed by atoms with E-state index >= 15 is 0 Å². The van der Waals surface area contributed by atoms with Crippen LogP contribution in [0.2, 0.25) is 0 Å². The summed E-state index contributed by atoms with van der Waals surface area (Å²) in [7, 11) is 0. The van der Waals surface area contributed by atoms with Crippen LogP contribution in [0.15, 0.2) is 18.3 Å². The SMILES string of the molecule is CC(C(=O)NC1CCCC1)N1CCN(c2ncccc2[N+](=O)[O-])CC1. The molecule has 1 amide bonds. The molecule has 8 nitrogen and oxygen atoms in total. The Morgan fingerprint density at radius 2 is 2.00 bits per heavy atom. The zero-order chi connectivity index (χ0) is 17.8. The molecule has 2 heterocycles. The van der Waals surface area contributed by atoms with Crippen LogP contribution in [-0.2, 0) is 4.79 Å². The lowest BCUT2D eigenvalue weighted by atomic mass is 10.2. The summed E-state index contributed by atoms with van der Waals surface area (Å²) in [6.07, 6.45) is 6.12. The van der Waals surface area contributed by atoms with Gasteiger partial charge >= 0.3 is 5.69 Å². The van der Waals surface area contributed by atoms with Gasteiger partial charge in [0.15, 0.2) is 0 Å². The molecule has 2 aliphatic rings. The average molecular weight is 347 g/mol. The molecule has 3 rings (SSSR count). The first kappa shape index (κ1) is 17.6. The number of carbonyl (C=O) groups excluding carboxylic acids is 1. The molecule has 1 atom stereocenters. The van der Waals surface area contributed by atoms with Gasteiger partial charge in [0.05, 0.1) is 11.0 Å². The van der Waals surface area contributed by atoms with Crippen LogP contribution in [0.1, 0.15) is 32.6 Å². The minimum absolute atomic E-state index is 0.0305. The van der Waals surface area contributed by atoms with Gasteiger partial charge in [0.2, 0.25) is 11.7 Å². The van der Waals surface area contributed by atoms with Crippen molar-refractivity contribution in [1.29, 1.82) is 0 Å². The van der Waals surface area contributed by atoms with Crippen molar-refractivity contribution in [3.63, 3.8) is 0 Å². The first-order valence-electron chi connectivity index (χ1n) is 8.95. The summed E-state index contributed by atoms with van der Waals surface area (Å²) < 4.78 is 0. The molecule has 2 fully saturated rings. The summed E-state index contributed by atoms with van der Waals surface area (Å²) in [6, 6.07) is 3.20. The van der Waals surface area contributed by atoms with Crippen LogP contribution in [0, 0.1) is 10.1 Å². The molecule has 1 N–H and O–H groups in total. The maximum Gasteiger partial charge on any atom is 0.311 e. The van der Waals surface area contributed by atoms with E-state index in [1.165, 1.54) is 18.9 Å². The Morgan fingerprint density at radius 1 is 1.32 bits per heavy atom. The quantitative estimate of drug-likeness (QED) is 0.642. The second kappa shape index (κ2) is 7.77. The second-order valence-corrected chi connectivity index (χ2v) is 6.79. The van der Waals surface area contributed by atoms with Crippen LogP contribution in [0.5, 0.6) is 0 Å². The summed E-state index contributed by atoms with van der Waals surface area (Å²) in [5.74, 6) is 0.499. The highest BCUT2D eigenvalue weighted by Gasteiger charge is 2.30. The van der Waals surface area contributed by atoms with E-state index < -0.39 is 4.92 Å². The summed E-state index contributed by atoms with van der Waals surface area (Å²) in [6.45, 7) is 4.56. The Labute approximate surface area is 147 Å². The van der Waals surface area contributed by atoms with Crippen molar-refractivity contribution < 1.29 is 9.72 Å². The number of rotatable bonds is 5. The number of nitrogens with one attached hydrogen (secondary N) is 1. The van der Waals surface area contributed by atoms with E-state index in [-0.39, 0.29) is 17.6 Å². The van der Waals surface area contributed by atoms with Crippen LogP contribution in [-0.4, -0.2) is 59.0 Å². The van der Waals surface area contributed by atoms with Gasteiger partial charge in [0, 0.05) is 44.5 Å². The first-order valence-corrected chi connectivity index (χ1v) is 8.95. The Kier molecular flexibility index (Phi) is 5.47. The lowest BCUT2D eigenvalue weighted by Crippen LogP contribution is -2.55. The molecule has 1 unspecified atom stereocenters. The van der Waals surface area contributed by atoms with E-state index in [1.54, 1.807) is 12.3 Å². The number of nitrogens with zero attached hydrogens (tertiary/aromatic N) is 4. The molecule has 25 heavy (non-hydrogen) atoms. The summed E-state index contributed by atoms with van der Waals surface area (Å²) >= 11 is 0. The van der Waals surface area contributed by atoms with Crippen LogP contribution in [0.4, 0.5) is 11.5 Å². The lowest BCUT2D eigenvalue weighted by molar-refractivity contribution is -0.384. The van der Waals surface area contributed by atoms with Crippen LogP contribution < -0.4 is 10.2 Å². The number of anilines is 1. The Balaban J connectivity index is 1.56. The van der Waals surface area contributed by atoms with Crippen LogP contribution >= 0.6 is 0 Å². The number of carbonyl (C=O) groups is 1. The van der Waals surface area contributed by atoms with Crippen molar-refractivity contribution in [2.75, 3.05) is 31.1 Å². The zero-order valence-electron chi connectivity index (χ0n) is 14.6. The molecule has 1 aromatic heterocycles. The molecule has 1 aromatic rings. The highest BCUT2D eigenvalue weighted by molar-refractivity contribution is 5.81. The monoisotopic (exact) mass is 347 g/mol. The molecule has 136 valence electrons. The summed E-state index contributed by atoms with van der Waals surface area (Å²) in [5.41, 5.74) is 0.0305. The van der Waals surface area contributed by atoms with Gasteiger partial charge in [-0.15, -0.1) is 0 Å². The number of hydrogen-bond donors (Lipinski definition) is 1. The van der Waals surface area contributed by atoms with E-state index in [4.69, 9.17) is 0 Å². The highest BCUT2D eigenvalue weighted by Crippen LogP contribution is 2.26. The standard InChI is InChI=1S/C17H25N5O3/c1-13(17(23)19-14-5-2-3-6-14)20-9-11-21(12-10-20)16-15(22(24)25)7-4-8-18-16/h4,7-8,13-14H,2-3,5-6,9-12H2,1H3,(H,19,23). The fraction of sp³-hybridized carbons (Fsp3) is 0.647. The zero-order valence-corrected chi connectivity index (χ0v) is 14.6. The minimum atomic E-state index is -0.396. The molecule has 8 heteroatoms. The van der Waals surface area contributed by atoms with Gasteiger partial charge in [0.25, 0.3) is 0 Å². The van der Waals surface area contributed by atoms with Crippen LogP contribution in [0.25, 0.3) is 0 Å². The molecule has 0 spiro atoms. The molecule has 0 bridgehead atoms. The summed E-state index contributed by atoms with van der Waals surface area (Å²) in [5, 5.41) is 14.3. The number of hydrogen-bond acceptors (Lipinski definition) is 6. The van der Waals surface area contributed by atoms with Crippen molar-refractivity contribution in [3.8, 4) is 0 Å². The predicted octanol–water partition coefficient (Wildman–Crippen LogP) is 1.56. The van der Waals surface area contributed by atoms with E-state index in [9.17, 15) is 14.9 Å². The minimum Gasteiger partial charge on any atom is -0.352 e. The van der Waals surface area contributed by atoms with Gasteiger partial charge in [-0.05, 0) is 25.8 Å². The van der Waals surface area contributed by atoms with E-state index in [0.29, 0.717) is 38.0 Å². The number of nitro groups is 1. The van der Waals surface area contributed by atoms with Gasteiger partial charge in [0.1, 0.15) is 0 Å². The molecule has 1 aliphatic heterocycles. The maximum absolute atomic E-state index is 12.4.